The first kappa shape index (κ1) is 22.8. The molecule has 0 aliphatic carbocycles. The summed E-state index contributed by atoms with van der Waals surface area (Å²) in [7, 11) is -2.08. The molecule has 4 nitrogen and oxygen atoms in total. The van der Waals surface area contributed by atoms with Crippen LogP contribution in [-0.4, -0.2) is 37.6 Å². The van der Waals surface area contributed by atoms with Crippen LogP contribution in [0.15, 0.2) is 18.2 Å². The molecule has 0 spiro atoms. The second-order valence-corrected chi connectivity index (χ2v) is 14.8. The van der Waals surface area contributed by atoms with Gasteiger partial charge in [-0.05, 0) is 63.5 Å². The second-order valence-electron chi connectivity index (χ2n) is 10.1. The minimum absolute atomic E-state index is 0.00589. The van der Waals surface area contributed by atoms with Gasteiger partial charge in [0.1, 0.15) is 17.2 Å². The summed E-state index contributed by atoms with van der Waals surface area (Å²) in [6, 6.07) is 2.71. The Morgan fingerprint density at radius 3 is 2.29 bits per heavy atom. The monoisotopic (exact) mass is 413 g/mol. The number of hydrogen-bond acceptors (Lipinski definition) is 3. The molecule has 2 rings (SSSR count). The lowest BCUT2D eigenvalue weighted by atomic mass is 10.0. The number of carbonyl (C=O) groups is 1. The van der Waals surface area contributed by atoms with Crippen molar-refractivity contribution in [2.75, 3.05) is 6.54 Å². The molecule has 28 heavy (non-hydrogen) atoms. The Balaban J connectivity index is 2.34. The number of benzene rings is 1. The highest BCUT2D eigenvalue weighted by atomic mass is 28.4. The predicted molar refractivity (Wildman–Crippen MR) is 109 cm³/mol. The molecule has 158 valence electrons. The second kappa shape index (κ2) is 7.75. The molecular formula is C21H33F2NO3Si. The van der Waals surface area contributed by atoms with Gasteiger partial charge in [-0.15, -0.1) is 0 Å². The third-order valence-electron chi connectivity index (χ3n) is 5.48. The van der Waals surface area contributed by atoms with E-state index in [1.165, 1.54) is 4.90 Å². The SMILES string of the molecule is CC(C)(C)OC(=O)N1CC(O[Si](C)(C)C(C)(C)C)CC1c1cc(F)ccc1F. The van der Waals surface area contributed by atoms with Gasteiger partial charge >= 0.3 is 6.09 Å². The zero-order valence-corrected chi connectivity index (χ0v) is 19.2. The van der Waals surface area contributed by atoms with Crippen molar-refractivity contribution in [2.24, 2.45) is 0 Å². The van der Waals surface area contributed by atoms with Gasteiger partial charge in [-0.2, -0.15) is 0 Å². The maximum absolute atomic E-state index is 14.5. The van der Waals surface area contributed by atoms with Crippen LogP contribution in [0.1, 0.15) is 59.6 Å². The molecule has 7 heteroatoms. The third-order valence-corrected chi connectivity index (χ3v) is 10.0. The average molecular weight is 414 g/mol. The maximum atomic E-state index is 14.5. The fourth-order valence-electron chi connectivity index (χ4n) is 3.06. The molecule has 2 unspecified atom stereocenters. The van der Waals surface area contributed by atoms with E-state index in [0.717, 1.165) is 18.2 Å². The highest BCUT2D eigenvalue weighted by molar-refractivity contribution is 6.74. The van der Waals surface area contributed by atoms with Crippen LogP contribution in [0, 0.1) is 11.6 Å². The largest absolute Gasteiger partial charge is 0.444 e. The van der Waals surface area contributed by atoms with Gasteiger partial charge in [-0.3, -0.25) is 4.90 Å². The van der Waals surface area contributed by atoms with Gasteiger partial charge in [0.2, 0.25) is 0 Å². The summed E-state index contributed by atoms with van der Waals surface area (Å²) in [6.45, 7) is 16.3. The number of likely N-dealkylation sites (tertiary alicyclic amines) is 1. The lowest BCUT2D eigenvalue weighted by Crippen LogP contribution is -2.45. The lowest BCUT2D eigenvalue weighted by molar-refractivity contribution is 0.0206. The Morgan fingerprint density at radius 2 is 1.75 bits per heavy atom. The fourth-order valence-corrected chi connectivity index (χ4v) is 4.42. The molecule has 1 fully saturated rings. The molecule has 1 aromatic rings. The predicted octanol–water partition coefficient (Wildman–Crippen LogP) is 6.04. The Hall–Kier alpha value is -1.47. The van der Waals surface area contributed by atoms with Gasteiger partial charge in [0.25, 0.3) is 0 Å². The van der Waals surface area contributed by atoms with Gasteiger partial charge in [-0.25, -0.2) is 13.6 Å². The first-order valence-corrected chi connectivity index (χ1v) is 12.6. The van der Waals surface area contributed by atoms with E-state index in [1.807, 2.05) is 0 Å². The molecule has 1 aromatic carbocycles. The van der Waals surface area contributed by atoms with Crippen molar-refractivity contribution in [3.05, 3.63) is 35.4 Å². The van der Waals surface area contributed by atoms with Gasteiger partial charge in [0.15, 0.2) is 8.32 Å². The summed E-state index contributed by atoms with van der Waals surface area (Å²) in [5.41, 5.74) is -0.521. The van der Waals surface area contributed by atoms with E-state index >= 15 is 0 Å². The van der Waals surface area contributed by atoms with Gasteiger partial charge < -0.3 is 9.16 Å². The topological polar surface area (TPSA) is 38.8 Å². The standard InChI is InChI=1S/C21H33F2NO3Si/c1-20(2,3)26-19(25)24-13-15(27-28(7,8)21(4,5)6)12-18(24)16-11-14(22)9-10-17(16)23/h9-11,15,18H,12-13H2,1-8H3. The van der Waals surface area contributed by atoms with Crippen LogP contribution in [-0.2, 0) is 9.16 Å². The van der Waals surface area contributed by atoms with E-state index in [0.29, 0.717) is 13.0 Å². The number of hydrogen-bond donors (Lipinski definition) is 0. The minimum Gasteiger partial charge on any atom is -0.444 e. The fraction of sp³-hybridized carbons (Fsp3) is 0.667. The molecule has 2 atom stereocenters. The molecule has 1 amide bonds. The summed E-state index contributed by atoms with van der Waals surface area (Å²) in [4.78, 5) is 14.3. The van der Waals surface area contributed by atoms with E-state index < -0.39 is 37.7 Å². The average Bonchev–Trinajstić information content (AvgIpc) is 2.90. The molecule has 0 saturated carbocycles. The third kappa shape index (κ3) is 5.32. The van der Waals surface area contributed by atoms with Crippen molar-refractivity contribution < 1.29 is 22.7 Å². The number of rotatable bonds is 3. The lowest BCUT2D eigenvalue weighted by Gasteiger charge is -2.38. The summed E-state index contributed by atoms with van der Waals surface area (Å²) in [6.07, 6.45) is -0.380. The van der Waals surface area contributed by atoms with Crippen molar-refractivity contribution in [3.8, 4) is 0 Å². The quantitative estimate of drug-likeness (QED) is 0.567. The van der Waals surface area contributed by atoms with Crippen LogP contribution in [0.2, 0.25) is 18.1 Å². The van der Waals surface area contributed by atoms with Crippen LogP contribution in [0.3, 0.4) is 0 Å². The Kier molecular flexibility index (Phi) is 6.31. The normalized spacial score (nSPS) is 21.1. The highest BCUT2D eigenvalue weighted by Gasteiger charge is 2.45. The Morgan fingerprint density at radius 1 is 1.14 bits per heavy atom. The maximum Gasteiger partial charge on any atom is 0.410 e. The first-order chi connectivity index (χ1) is 12.6. The molecule has 1 heterocycles. The van der Waals surface area contributed by atoms with Crippen LogP contribution in [0.25, 0.3) is 0 Å². The van der Waals surface area contributed by atoms with Gasteiger partial charge in [-0.1, -0.05) is 20.8 Å². The molecule has 0 radical (unpaired) electrons. The van der Waals surface area contributed by atoms with Crippen LogP contribution in [0.5, 0.6) is 0 Å². The zero-order valence-electron chi connectivity index (χ0n) is 18.2. The van der Waals surface area contributed by atoms with Crippen molar-refractivity contribution >= 4 is 14.4 Å². The van der Waals surface area contributed by atoms with Crippen LogP contribution >= 0.6 is 0 Å². The van der Waals surface area contributed by atoms with E-state index in [4.69, 9.17) is 9.16 Å². The van der Waals surface area contributed by atoms with E-state index in [2.05, 4.69) is 33.9 Å². The molecule has 0 N–H and O–H groups in total. The van der Waals surface area contributed by atoms with E-state index in [-0.39, 0.29) is 16.7 Å². The number of amides is 1. The highest BCUT2D eigenvalue weighted by Crippen LogP contribution is 2.42. The number of halogens is 2. The van der Waals surface area contributed by atoms with E-state index in [1.54, 1.807) is 20.8 Å². The van der Waals surface area contributed by atoms with Crippen molar-refractivity contribution in [1.82, 2.24) is 4.90 Å². The molecule has 1 aliphatic heterocycles. The van der Waals surface area contributed by atoms with Crippen molar-refractivity contribution in [1.29, 1.82) is 0 Å². The molecule has 1 aliphatic rings. The molecular weight excluding hydrogens is 380 g/mol. The number of carbonyl (C=O) groups excluding carboxylic acids is 1. The number of nitrogens with zero attached hydrogens (tertiary/aromatic N) is 1. The Bertz CT molecular complexity index is 725. The smallest absolute Gasteiger partial charge is 0.410 e. The summed E-state index contributed by atoms with van der Waals surface area (Å²) >= 11 is 0. The van der Waals surface area contributed by atoms with Crippen LogP contribution < -0.4 is 0 Å². The summed E-state index contributed by atoms with van der Waals surface area (Å²) in [5.74, 6) is -1.07. The van der Waals surface area contributed by atoms with E-state index in [9.17, 15) is 13.6 Å². The Labute approximate surface area is 168 Å². The summed E-state index contributed by atoms with van der Waals surface area (Å²) < 4.78 is 40.3. The molecule has 1 saturated heterocycles. The molecule has 0 aromatic heterocycles. The van der Waals surface area contributed by atoms with Crippen LogP contribution in [0.4, 0.5) is 13.6 Å². The first-order valence-electron chi connectivity index (χ1n) is 9.73. The number of ether oxygens (including phenoxy) is 1. The minimum atomic E-state index is -2.08. The van der Waals surface area contributed by atoms with Gasteiger partial charge in [0.05, 0.1) is 12.1 Å². The van der Waals surface area contributed by atoms with Gasteiger partial charge in [0, 0.05) is 12.1 Å². The van der Waals surface area contributed by atoms with Crippen molar-refractivity contribution in [3.63, 3.8) is 0 Å². The molecule has 0 bridgehead atoms. The van der Waals surface area contributed by atoms with Crippen molar-refractivity contribution in [2.45, 2.75) is 83.8 Å². The zero-order chi connectivity index (χ0) is 21.5. The summed E-state index contributed by atoms with van der Waals surface area (Å²) in [5, 5.41) is 0.00589.